The van der Waals surface area contributed by atoms with E-state index in [1.165, 1.54) is 0 Å². The Morgan fingerprint density at radius 3 is 1.53 bits per heavy atom. The van der Waals surface area contributed by atoms with Gasteiger partial charge in [-0.15, -0.1) is 0 Å². The normalized spacial score (nSPS) is 9.07. The third-order valence-corrected chi connectivity index (χ3v) is 0.989. The summed E-state index contributed by atoms with van der Waals surface area (Å²) in [5.74, 6) is -0.240. The Bertz CT molecular complexity index is 253. The molecule has 0 amide bonds. The first-order valence-corrected chi connectivity index (χ1v) is 3.66. The lowest BCUT2D eigenvalue weighted by molar-refractivity contribution is 0.0713. The maximum atomic E-state index is 9.99. The van der Waals surface area contributed by atoms with E-state index in [1.54, 1.807) is 0 Å². The highest BCUT2D eigenvalue weighted by molar-refractivity contribution is 5.58. The number of hydrogen-bond acceptors (Lipinski definition) is 5. The zero-order chi connectivity index (χ0) is 11.8. The van der Waals surface area contributed by atoms with Crippen LogP contribution in [0.1, 0.15) is 0 Å². The molecule has 7 nitrogen and oxygen atoms in total. The third kappa shape index (κ3) is 8.31. The van der Waals surface area contributed by atoms with Crippen LogP contribution in [0, 0.1) is 0 Å². The van der Waals surface area contributed by atoms with Crippen LogP contribution in [0.15, 0.2) is 24.7 Å². The summed E-state index contributed by atoms with van der Waals surface area (Å²) < 4.78 is 13.0. The molecule has 0 fully saturated rings. The molecule has 0 aliphatic heterocycles. The standard InChI is InChI=1S/C8H10O7/c1-5(14-7(9)10)3-13-4-6(2)15-8(11)12/h1-4H2,(H,9,10)(H,11,12). The molecule has 2 N–H and O–H groups in total. The average molecular weight is 218 g/mol. The van der Waals surface area contributed by atoms with E-state index in [9.17, 15) is 9.59 Å². The van der Waals surface area contributed by atoms with Crippen LogP contribution in [0.3, 0.4) is 0 Å². The Morgan fingerprint density at radius 2 is 1.27 bits per heavy atom. The van der Waals surface area contributed by atoms with Crippen molar-refractivity contribution in [3.8, 4) is 0 Å². The minimum absolute atomic E-state index is 0.120. The fourth-order valence-electron chi connectivity index (χ4n) is 0.585. The van der Waals surface area contributed by atoms with Gasteiger partial charge in [0.1, 0.15) is 24.7 Å². The topological polar surface area (TPSA) is 102 Å². The zero-order valence-electron chi connectivity index (χ0n) is 7.76. The molecule has 0 aliphatic rings. The highest BCUT2D eigenvalue weighted by atomic mass is 16.7. The molecular weight excluding hydrogens is 208 g/mol. The fourth-order valence-corrected chi connectivity index (χ4v) is 0.585. The van der Waals surface area contributed by atoms with E-state index in [1.807, 2.05) is 0 Å². The molecule has 0 heterocycles. The van der Waals surface area contributed by atoms with Crippen molar-refractivity contribution in [3.63, 3.8) is 0 Å². The van der Waals surface area contributed by atoms with Crippen LogP contribution < -0.4 is 0 Å². The van der Waals surface area contributed by atoms with Gasteiger partial charge in [0.2, 0.25) is 0 Å². The second-order valence-electron chi connectivity index (χ2n) is 2.31. The molecular formula is C8H10O7. The maximum Gasteiger partial charge on any atom is 0.511 e. The monoisotopic (exact) mass is 218 g/mol. The van der Waals surface area contributed by atoms with Crippen molar-refractivity contribution in [2.75, 3.05) is 13.2 Å². The predicted octanol–water partition coefficient (Wildman–Crippen LogP) is 1.42. The minimum Gasteiger partial charge on any atom is -0.449 e. The van der Waals surface area contributed by atoms with Gasteiger partial charge in [-0.3, -0.25) is 0 Å². The summed E-state index contributed by atoms with van der Waals surface area (Å²) in [6.45, 7) is 6.08. The molecule has 0 atom stereocenters. The van der Waals surface area contributed by atoms with Crippen LogP contribution in [0.5, 0.6) is 0 Å². The Hall–Kier alpha value is -2.02. The predicted molar refractivity (Wildman–Crippen MR) is 47.3 cm³/mol. The Balaban J connectivity index is 3.61. The molecule has 0 saturated carbocycles. The summed E-state index contributed by atoms with van der Waals surface area (Å²) in [5.41, 5.74) is 0. The third-order valence-electron chi connectivity index (χ3n) is 0.989. The highest BCUT2D eigenvalue weighted by Gasteiger charge is 2.05. The van der Waals surface area contributed by atoms with Crippen LogP contribution in [0.25, 0.3) is 0 Å². The minimum atomic E-state index is -1.50. The molecule has 0 bridgehead atoms. The van der Waals surface area contributed by atoms with E-state index in [0.29, 0.717) is 0 Å². The molecule has 0 aromatic rings. The van der Waals surface area contributed by atoms with Crippen molar-refractivity contribution in [3.05, 3.63) is 24.7 Å². The second-order valence-corrected chi connectivity index (χ2v) is 2.31. The molecule has 0 aromatic heterocycles. The largest absolute Gasteiger partial charge is 0.511 e. The van der Waals surface area contributed by atoms with Crippen LogP contribution >= 0.6 is 0 Å². The molecule has 0 unspecified atom stereocenters. The number of carbonyl (C=O) groups is 2. The van der Waals surface area contributed by atoms with Gasteiger partial charge >= 0.3 is 12.3 Å². The van der Waals surface area contributed by atoms with Crippen molar-refractivity contribution in [1.29, 1.82) is 0 Å². The lowest BCUT2D eigenvalue weighted by Crippen LogP contribution is -2.09. The van der Waals surface area contributed by atoms with Gasteiger partial charge in [0.05, 0.1) is 0 Å². The SMILES string of the molecule is C=C(COCC(=C)OC(=O)O)OC(=O)O. The lowest BCUT2D eigenvalue weighted by Gasteiger charge is -2.06. The molecule has 0 aromatic carbocycles. The quantitative estimate of drug-likeness (QED) is 0.513. The number of carboxylic acid groups (broad SMARTS) is 2. The van der Waals surface area contributed by atoms with Gasteiger partial charge in [-0.1, -0.05) is 13.2 Å². The molecule has 7 heteroatoms. The van der Waals surface area contributed by atoms with Crippen LogP contribution in [0.4, 0.5) is 9.59 Å². The van der Waals surface area contributed by atoms with Gasteiger partial charge in [0.15, 0.2) is 0 Å². The maximum absolute atomic E-state index is 9.99. The molecule has 0 spiro atoms. The first-order valence-electron chi connectivity index (χ1n) is 3.66. The smallest absolute Gasteiger partial charge is 0.449 e. The highest BCUT2D eigenvalue weighted by Crippen LogP contribution is 1.99. The summed E-state index contributed by atoms with van der Waals surface area (Å²) >= 11 is 0. The molecule has 15 heavy (non-hydrogen) atoms. The summed E-state index contributed by atoms with van der Waals surface area (Å²) in [6.07, 6.45) is -2.99. The second kappa shape index (κ2) is 6.44. The van der Waals surface area contributed by atoms with Crippen molar-refractivity contribution >= 4 is 12.3 Å². The first-order chi connectivity index (χ1) is 6.91. The Labute approximate surface area is 85.2 Å². The van der Waals surface area contributed by atoms with E-state index in [2.05, 4.69) is 22.6 Å². The number of ether oxygens (including phenoxy) is 3. The van der Waals surface area contributed by atoms with E-state index in [-0.39, 0.29) is 24.7 Å². The van der Waals surface area contributed by atoms with Crippen molar-refractivity contribution in [2.45, 2.75) is 0 Å². The van der Waals surface area contributed by atoms with Gasteiger partial charge in [-0.25, -0.2) is 9.59 Å². The van der Waals surface area contributed by atoms with Gasteiger partial charge in [-0.2, -0.15) is 0 Å². The van der Waals surface area contributed by atoms with Crippen molar-refractivity contribution in [1.82, 2.24) is 0 Å². The van der Waals surface area contributed by atoms with Crippen molar-refractivity contribution in [2.24, 2.45) is 0 Å². The van der Waals surface area contributed by atoms with Crippen LogP contribution in [-0.2, 0) is 14.2 Å². The van der Waals surface area contributed by atoms with Crippen LogP contribution in [-0.4, -0.2) is 35.7 Å². The zero-order valence-corrected chi connectivity index (χ0v) is 7.76. The van der Waals surface area contributed by atoms with E-state index < -0.39 is 12.3 Å². The van der Waals surface area contributed by atoms with Gasteiger partial charge in [-0.05, 0) is 0 Å². The summed E-state index contributed by atoms with van der Waals surface area (Å²) in [5, 5.41) is 16.3. The molecule has 0 saturated heterocycles. The molecule has 0 radical (unpaired) electrons. The van der Waals surface area contributed by atoms with E-state index >= 15 is 0 Å². The lowest BCUT2D eigenvalue weighted by atomic mass is 10.5. The van der Waals surface area contributed by atoms with Crippen molar-refractivity contribution < 1.29 is 34.0 Å². The van der Waals surface area contributed by atoms with E-state index in [4.69, 9.17) is 14.9 Å². The average Bonchev–Trinajstić information content (AvgIpc) is 2.00. The fraction of sp³-hybridized carbons (Fsp3) is 0.250. The molecule has 0 aliphatic carbocycles. The summed E-state index contributed by atoms with van der Waals surface area (Å²) in [7, 11) is 0. The van der Waals surface area contributed by atoms with E-state index in [0.717, 1.165) is 0 Å². The molecule has 84 valence electrons. The Kier molecular flexibility index (Phi) is 5.57. The Morgan fingerprint density at radius 1 is 0.933 bits per heavy atom. The van der Waals surface area contributed by atoms with Gasteiger partial charge in [0.25, 0.3) is 0 Å². The number of hydrogen-bond donors (Lipinski definition) is 2. The van der Waals surface area contributed by atoms with Gasteiger partial charge in [0, 0.05) is 0 Å². The molecule has 0 rings (SSSR count). The summed E-state index contributed by atoms with van der Waals surface area (Å²) in [4.78, 5) is 20.0. The number of rotatable bonds is 6. The summed E-state index contributed by atoms with van der Waals surface area (Å²) in [6, 6.07) is 0. The van der Waals surface area contributed by atoms with Gasteiger partial charge < -0.3 is 24.4 Å². The van der Waals surface area contributed by atoms with Crippen LogP contribution in [0.2, 0.25) is 0 Å². The first kappa shape index (κ1) is 13.0.